The smallest absolute Gasteiger partial charge is 0.194 e. The molecule has 3 heterocycles. The van der Waals surface area contributed by atoms with E-state index in [0.29, 0.717) is 48.4 Å². The van der Waals surface area contributed by atoms with Crippen molar-refractivity contribution in [1.82, 2.24) is 19.7 Å². The first kappa shape index (κ1) is 25.0. The van der Waals surface area contributed by atoms with Crippen LogP contribution >= 0.6 is 0 Å². The van der Waals surface area contributed by atoms with Crippen molar-refractivity contribution in [2.75, 3.05) is 7.11 Å². The van der Waals surface area contributed by atoms with E-state index in [9.17, 15) is 18.3 Å². The Balaban J connectivity index is 1.60. The van der Waals surface area contributed by atoms with Crippen LogP contribution in [0.15, 0.2) is 40.9 Å². The second-order valence-corrected chi connectivity index (χ2v) is 9.91. The summed E-state index contributed by atoms with van der Waals surface area (Å²) in [4.78, 5) is 4.14. The number of aryl methyl sites for hydroxylation is 1. The highest BCUT2D eigenvalue weighted by molar-refractivity contribution is 5.71. The Morgan fingerprint density at radius 1 is 1.14 bits per heavy atom. The largest absolute Gasteiger partial charge is 0.496 e. The van der Waals surface area contributed by atoms with Crippen LogP contribution in [0, 0.1) is 24.4 Å². The first-order valence-corrected chi connectivity index (χ1v) is 12.0. The number of benzene rings is 2. The summed E-state index contributed by atoms with van der Waals surface area (Å²) >= 11 is 0. The molecule has 1 atom stereocenters. The maximum atomic E-state index is 14.7. The maximum Gasteiger partial charge on any atom is 0.194 e. The predicted molar refractivity (Wildman–Crippen MR) is 129 cm³/mol. The van der Waals surface area contributed by atoms with E-state index < -0.39 is 28.5 Å². The highest BCUT2D eigenvalue weighted by atomic mass is 19.2. The van der Waals surface area contributed by atoms with Crippen LogP contribution in [0.4, 0.5) is 13.2 Å². The monoisotopic (exact) mass is 512 g/mol. The summed E-state index contributed by atoms with van der Waals surface area (Å²) in [5.74, 6) is -1.39. The van der Waals surface area contributed by atoms with Gasteiger partial charge in [0, 0.05) is 19.0 Å². The Kier molecular flexibility index (Phi) is 6.10. The molecule has 1 N–H and O–H groups in total. The first-order chi connectivity index (χ1) is 17.6. The van der Waals surface area contributed by atoms with Crippen molar-refractivity contribution in [2.45, 2.75) is 57.6 Å². The van der Waals surface area contributed by atoms with Gasteiger partial charge in [-0.15, -0.1) is 10.2 Å². The van der Waals surface area contributed by atoms with Crippen LogP contribution in [-0.4, -0.2) is 37.6 Å². The quantitative estimate of drug-likeness (QED) is 0.349. The van der Waals surface area contributed by atoms with Crippen molar-refractivity contribution in [1.29, 1.82) is 0 Å². The van der Waals surface area contributed by atoms with Gasteiger partial charge < -0.3 is 18.8 Å². The van der Waals surface area contributed by atoms with Crippen LogP contribution in [0.1, 0.15) is 44.0 Å². The van der Waals surface area contributed by atoms with Gasteiger partial charge in [-0.1, -0.05) is 12.1 Å². The minimum Gasteiger partial charge on any atom is -0.496 e. The summed E-state index contributed by atoms with van der Waals surface area (Å²) in [6.07, 6.45) is 2.64. The summed E-state index contributed by atoms with van der Waals surface area (Å²) in [5, 5.41) is 20.2. The molecule has 7 nitrogen and oxygen atoms in total. The zero-order valence-electron chi connectivity index (χ0n) is 21.0. The van der Waals surface area contributed by atoms with Gasteiger partial charge in [-0.25, -0.2) is 18.2 Å². The fraction of sp³-hybridized carbons (Fsp3) is 0.370. The lowest BCUT2D eigenvalue weighted by Crippen LogP contribution is -2.52. The molecule has 1 aliphatic heterocycles. The number of aliphatic hydroxyl groups is 1. The Bertz CT molecular complexity index is 1470. The lowest BCUT2D eigenvalue weighted by molar-refractivity contribution is -0.0259. The number of halogens is 3. The van der Waals surface area contributed by atoms with Gasteiger partial charge in [0.25, 0.3) is 0 Å². The number of oxazole rings is 1. The van der Waals surface area contributed by atoms with Crippen molar-refractivity contribution in [2.24, 2.45) is 0 Å². The third-order valence-corrected chi connectivity index (χ3v) is 7.29. The minimum absolute atomic E-state index is 0.0348. The van der Waals surface area contributed by atoms with Crippen LogP contribution in [0.25, 0.3) is 22.7 Å². The van der Waals surface area contributed by atoms with Crippen molar-refractivity contribution in [3.63, 3.8) is 0 Å². The highest BCUT2D eigenvalue weighted by Gasteiger charge is 2.51. The maximum absolute atomic E-state index is 14.7. The molecule has 0 aliphatic carbocycles. The SMILES string of the molecule is COc1cc(-c2nnc3n2CCCC3(Cc2ccc(F)c(F)c2F)C(C)(C)O)ccc1-c1cnc(C)o1. The van der Waals surface area contributed by atoms with Crippen molar-refractivity contribution in [3.05, 3.63) is 71.3 Å². The van der Waals surface area contributed by atoms with Gasteiger partial charge in [0.15, 0.2) is 34.9 Å². The average molecular weight is 513 g/mol. The minimum atomic E-state index is -1.53. The van der Waals surface area contributed by atoms with Crippen LogP contribution in [0.5, 0.6) is 5.75 Å². The molecule has 2 aromatic heterocycles. The van der Waals surface area contributed by atoms with Gasteiger partial charge in [0.05, 0.1) is 29.9 Å². The van der Waals surface area contributed by atoms with Crippen LogP contribution in [-0.2, 0) is 18.4 Å². The standard InChI is InChI=1S/C27H27F3N4O3/c1-15-31-14-21(37-15)18-8-6-16(12-20(18)36-4)24-32-33-25-27(26(2,3)35,10-5-11-34(24)25)13-17-7-9-19(28)23(30)22(17)29/h6-9,12,14,35H,5,10-11,13H2,1-4H3. The Labute approximate surface area is 211 Å². The summed E-state index contributed by atoms with van der Waals surface area (Å²) in [7, 11) is 1.56. The molecular formula is C27H27F3N4O3. The molecule has 5 rings (SSSR count). The summed E-state index contributed by atoms with van der Waals surface area (Å²) in [6, 6.07) is 7.64. The normalized spacial score (nSPS) is 17.6. The van der Waals surface area contributed by atoms with Crippen LogP contribution < -0.4 is 4.74 Å². The van der Waals surface area contributed by atoms with E-state index in [2.05, 4.69) is 15.2 Å². The molecule has 4 aromatic rings. The number of aromatic nitrogens is 4. The molecule has 0 saturated heterocycles. The zero-order valence-corrected chi connectivity index (χ0v) is 21.0. The van der Waals surface area contributed by atoms with Gasteiger partial charge in [-0.2, -0.15) is 0 Å². The van der Waals surface area contributed by atoms with Gasteiger partial charge in [0.2, 0.25) is 0 Å². The van der Waals surface area contributed by atoms with E-state index in [1.807, 2.05) is 22.8 Å². The third kappa shape index (κ3) is 4.09. The Morgan fingerprint density at radius 2 is 1.92 bits per heavy atom. The molecule has 1 aliphatic rings. The van der Waals surface area contributed by atoms with E-state index in [4.69, 9.17) is 9.15 Å². The van der Waals surface area contributed by atoms with Gasteiger partial charge in [0.1, 0.15) is 11.6 Å². The van der Waals surface area contributed by atoms with Crippen molar-refractivity contribution < 1.29 is 27.4 Å². The number of hydrogen-bond acceptors (Lipinski definition) is 6. The molecule has 0 bridgehead atoms. The highest BCUT2D eigenvalue weighted by Crippen LogP contribution is 2.46. The molecule has 0 fully saturated rings. The summed E-state index contributed by atoms with van der Waals surface area (Å²) in [5.41, 5.74) is -1.06. The summed E-state index contributed by atoms with van der Waals surface area (Å²) in [6.45, 7) is 5.56. The lowest BCUT2D eigenvalue weighted by Gasteiger charge is -2.45. The lowest BCUT2D eigenvalue weighted by atomic mass is 9.65. The van der Waals surface area contributed by atoms with E-state index >= 15 is 0 Å². The van der Waals surface area contributed by atoms with E-state index in [1.165, 1.54) is 6.07 Å². The number of methoxy groups -OCH3 is 1. The van der Waals surface area contributed by atoms with Gasteiger partial charge in [-0.3, -0.25) is 0 Å². The molecular weight excluding hydrogens is 485 g/mol. The molecule has 37 heavy (non-hydrogen) atoms. The van der Waals surface area contributed by atoms with Crippen molar-refractivity contribution >= 4 is 0 Å². The molecule has 0 spiro atoms. The first-order valence-electron chi connectivity index (χ1n) is 12.0. The molecule has 1 unspecified atom stereocenters. The second-order valence-electron chi connectivity index (χ2n) is 9.91. The Hall–Kier alpha value is -3.66. The fourth-order valence-electron chi connectivity index (χ4n) is 5.24. The van der Waals surface area contributed by atoms with E-state index in [1.54, 1.807) is 34.1 Å². The molecule has 0 saturated carbocycles. The molecule has 0 radical (unpaired) electrons. The number of nitrogens with zero attached hydrogens (tertiary/aromatic N) is 4. The zero-order chi connectivity index (χ0) is 26.5. The van der Waals surface area contributed by atoms with Crippen LogP contribution in [0.3, 0.4) is 0 Å². The van der Waals surface area contributed by atoms with E-state index in [-0.39, 0.29) is 12.0 Å². The molecule has 2 aromatic carbocycles. The molecule has 0 amide bonds. The number of hydrogen-bond donors (Lipinski definition) is 1. The number of fused-ring (bicyclic) bond motifs is 1. The predicted octanol–water partition coefficient (Wildman–Crippen LogP) is 5.38. The van der Waals surface area contributed by atoms with Crippen LogP contribution in [0.2, 0.25) is 0 Å². The Morgan fingerprint density at radius 3 is 2.59 bits per heavy atom. The summed E-state index contributed by atoms with van der Waals surface area (Å²) < 4.78 is 55.5. The third-order valence-electron chi connectivity index (χ3n) is 7.29. The second kappa shape index (κ2) is 9.02. The number of ether oxygens (including phenoxy) is 1. The van der Waals surface area contributed by atoms with E-state index in [0.717, 1.165) is 17.2 Å². The topological polar surface area (TPSA) is 86.2 Å². The van der Waals surface area contributed by atoms with Gasteiger partial charge in [-0.05, 0) is 56.9 Å². The number of rotatable bonds is 6. The van der Waals surface area contributed by atoms with Crippen molar-refractivity contribution in [3.8, 4) is 28.5 Å². The molecule has 10 heteroatoms. The molecule has 194 valence electrons. The average Bonchev–Trinajstić information content (AvgIpc) is 3.50. The fourth-order valence-corrected chi connectivity index (χ4v) is 5.24. The van der Waals surface area contributed by atoms with Gasteiger partial charge >= 0.3 is 0 Å².